The van der Waals surface area contributed by atoms with E-state index in [-0.39, 0.29) is 29.8 Å². The lowest BCUT2D eigenvalue weighted by molar-refractivity contribution is 0.239. The van der Waals surface area contributed by atoms with Gasteiger partial charge in [0.05, 0.1) is 16.0 Å². The van der Waals surface area contributed by atoms with E-state index in [0.29, 0.717) is 16.8 Å². The fraction of sp³-hybridized carbons (Fsp3) is 0.636. The summed E-state index contributed by atoms with van der Waals surface area (Å²) in [5, 5.41) is 5.76. The summed E-state index contributed by atoms with van der Waals surface area (Å²) in [5.74, 6) is -0.0751. The minimum absolute atomic E-state index is 0.0114. The van der Waals surface area contributed by atoms with E-state index in [0.717, 1.165) is 25.7 Å². The SMILES string of the molecule is CC(C)n1c(=O)oc2cc(NC(=O)NC3CCC(CS(=O)(=O)C(C)(C)C)CC3)ccc21. The average molecular weight is 452 g/mol. The highest BCUT2D eigenvalue weighted by molar-refractivity contribution is 7.92. The normalized spacial score (nSPS) is 20.2. The van der Waals surface area contributed by atoms with Gasteiger partial charge in [-0.1, -0.05) is 0 Å². The molecular formula is C22H33N3O5S. The molecule has 1 heterocycles. The number of fused-ring (bicyclic) bond motifs is 1. The summed E-state index contributed by atoms with van der Waals surface area (Å²) in [6, 6.07) is 4.81. The number of nitrogens with zero attached hydrogens (tertiary/aromatic N) is 1. The van der Waals surface area contributed by atoms with Crippen molar-refractivity contribution < 1.29 is 17.6 Å². The Morgan fingerprint density at radius 1 is 1.19 bits per heavy atom. The molecule has 0 radical (unpaired) electrons. The smallest absolute Gasteiger partial charge is 0.408 e. The van der Waals surface area contributed by atoms with Gasteiger partial charge in [-0.2, -0.15) is 0 Å². The Kier molecular flexibility index (Phi) is 6.55. The molecule has 1 fully saturated rings. The first kappa shape index (κ1) is 23.4. The zero-order valence-corrected chi connectivity index (χ0v) is 19.7. The van der Waals surface area contributed by atoms with Crippen LogP contribution in [0.4, 0.5) is 10.5 Å². The van der Waals surface area contributed by atoms with E-state index in [1.165, 1.54) is 0 Å². The number of carbonyl (C=O) groups is 1. The summed E-state index contributed by atoms with van der Waals surface area (Å²) < 4.78 is 31.0. The highest BCUT2D eigenvalue weighted by atomic mass is 32.2. The molecule has 0 spiro atoms. The monoisotopic (exact) mass is 451 g/mol. The zero-order valence-electron chi connectivity index (χ0n) is 18.9. The topological polar surface area (TPSA) is 110 Å². The number of amides is 2. The Morgan fingerprint density at radius 2 is 1.84 bits per heavy atom. The molecular weight excluding hydrogens is 418 g/mol. The number of carbonyl (C=O) groups excluding carboxylic acids is 1. The second-order valence-corrected chi connectivity index (χ2v) is 12.5. The van der Waals surface area contributed by atoms with Crippen molar-refractivity contribution in [2.75, 3.05) is 11.1 Å². The second kappa shape index (κ2) is 8.68. The summed E-state index contributed by atoms with van der Waals surface area (Å²) in [6.07, 6.45) is 3.06. The zero-order chi connectivity index (χ0) is 23.0. The molecule has 0 saturated heterocycles. The quantitative estimate of drug-likeness (QED) is 0.712. The molecule has 2 N–H and O–H groups in total. The molecule has 9 heteroatoms. The van der Waals surface area contributed by atoms with Crippen molar-refractivity contribution in [3.8, 4) is 0 Å². The number of hydrogen-bond acceptors (Lipinski definition) is 5. The molecule has 1 aromatic heterocycles. The molecule has 1 saturated carbocycles. The molecule has 2 amide bonds. The molecule has 1 aliphatic rings. The van der Waals surface area contributed by atoms with E-state index in [1.807, 2.05) is 13.8 Å². The molecule has 8 nitrogen and oxygen atoms in total. The van der Waals surface area contributed by atoms with E-state index in [4.69, 9.17) is 4.42 Å². The lowest BCUT2D eigenvalue weighted by Crippen LogP contribution is -2.41. The van der Waals surface area contributed by atoms with Crippen molar-refractivity contribution in [3.05, 3.63) is 28.7 Å². The van der Waals surface area contributed by atoms with Gasteiger partial charge in [-0.3, -0.25) is 4.57 Å². The molecule has 1 aliphatic carbocycles. The third kappa shape index (κ3) is 5.31. The first-order valence-corrected chi connectivity index (χ1v) is 12.5. The summed E-state index contributed by atoms with van der Waals surface area (Å²) in [4.78, 5) is 24.4. The first-order chi connectivity index (χ1) is 14.4. The number of aromatic nitrogens is 1. The minimum atomic E-state index is -3.14. The van der Waals surface area contributed by atoms with E-state index in [1.54, 1.807) is 43.5 Å². The average Bonchev–Trinajstić information content (AvgIpc) is 2.97. The Morgan fingerprint density at radius 3 is 2.42 bits per heavy atom. The number of anilines is 1. The Labute approximate surface area is 183 Å². The Bertz CT molecular complexity index is 1100. The van der Waals surface area contributed by atoms with Crippen LogP contribution in [0.2, 0.25) is 0 Å². The third-order valence-corrected chi connectivity index (χ3v) is 8.73. The fourth-order valence-corrected chi connectivity index (χ4v) is 5.44. The second-order valence-electron chi connectivity index (χ2n) is 9.72. The van der Waals surface area contributed by atoms with Gasteiger partial charge in [0.25, 0.3) is 0 Å². The van der Waals surface area contributed by atoms with E-state index in [2.05, 4.69) is 10.6 Å². The van der Waals surface area contributed by atoms with Crippen LogP contribution in [0.15, 0.2) is 27.4 Å². The van der Waals surface area contributed by atoms with Gasteiger partial charge < -0.3 is 15.1 Å². The highest BCUT2D eigenvalue weighted by Crippen LogP contribution is 2.29. The van der Waals surface area contributed by atoms with Gasteiger partial charge in [0, 0.05) is 23.8 Å². The van der Waals surface area contributed by atoms with E-state index in [9.17, 15) is 18.0 Å². The molecule has 0 atom stereocenters. The van der Waals surface area contributed by atoms with Gasteiger partial charge in [0.1, 0.15) is 0 Å². The van der Waals surface area contributed by atoms with Crippen molar-refractivity contribution in [2.45, 2.75) is 77.1 Å². The lowest BCUT2D eigenvalue weighted by atomic mass is 9.87. The van der Waals surface area contributed by atoms with Gasteiger partial charge in [0.15, 0.2) is 15.4 Å². The molecule has 2 aromatic rings. The molecule has 172 valence electrons. The van der Waals surface area contributed by atoms with Crippen LogP contribution in [0.5, 0.6) is 0 Å². The predicted octanol–water partition coefficient (Wildman–Crippen LogP) is 4.07. The number of rotatable bonds is 5. The maximum atomic E-state index is 12.4. The van der Waals surface area contributed by atoms with Gasteiger partial charge in [0.2, 0.25) is 0 Å². The van der Waals surface area contributed by atoms with Crippen LogP contribution in [0.25, 0.3) is 11.1 Å². The fourth-order valence-electron chi connectivity index (χ4n) is 3.99. The van der Waals surface area contributed by atoms with Gasteiger partial charge >= 0.3 is 11.8 Å². The third-order valence-electron chi connectivity index (χ3n) is 5.96. The van der Waals surface area contributed by atoms with Gasteiger partial charge in [-0.05, 0) is 78.4 Å². The van der Waals surface area contributed by atoms with Crippen molar-refractivity contribution in [1.29, 1.82) is 0 Å². The highest BCUT2D eigenvalue weighted by Gasteiger charge is 2.33. The van der Waals surface area contributed by atoms with Crippen molar-refractivity contribution >= 4 is 32.7 Å². The molecule has 1 aromatic carbocycles. The number of urea groups is 1. The number of sulfone groups is 1. The van der Waals surface area contributed by atoms with Crippen LogP contribution >= 0.6 is 0 Å². The Hall–Kier alpha value is -2.29. The molecule has 31 heavy (non-hydrogen) atoms. The number of benzene rings is 1. The van der Waals surface area contributed by atoms with Gasteiger partial charge in [-0.25, -0.2) is 18.0 Å². The lowest BCUT2D eigenvalue weighted by Gasteiger charge is -2.30. The van der Waals surface area contributed by atoms with E-state index < -0.39 is 20.3 Å². The summed E-state index contributed by atoms with van der Waals surface area (Å²) >= 11 is 0. The van der Waals surface area contributed by atoms with Crippen LogP contribution in [-0.2, 0) is 9.84 Å². The van der Waals surface area contributed by atoms with Crippen LogP contribution in [0.1, 0.15) is 66.3 Å². The summed E-state index contributed by atoms with van der Waals surface area (Å²) in [5.41, 5.74) is 1.66. The summed E-state index contributed by atoms with van der Waals surface area (Å²) in [6.45, 7) is 9.02. The largest absolute Gasteiger partial charge is 0.420 e. The number of oxazole rings is 1. The van der Waals surface area contributed by atoms with Crippen LogP contribution in [0.3, 0.4) is 0 Å². The number of nitrogens with one attached hydrogen (secondary N) is 2. The Balaban J connectivity index is 1.55. The maximum absolute atomic E-state index is 12.4. The number of hydrogen-bond donors (Lipinski definition) is 2. The predicted molar refractivity (Wildman–Crippen MR) is 122 cm³/mol. The standard InChI is InChI=1S/C22H33N3O5S/c1-14(2)25-18-11-10-17(12-19(18)30-21(25)27)24-20(26)23-16-8-6-15(7-9-16)13-31(28,29)22(3,4)5/h10-12,14-16H,6-9,13H2,1-5H3,(H2,23,24,26). The van der Waals surface area contributed by atoms with Crippen LogP contribution in [0, 0.1) is 5.92 Å². The van der Waals surface area contributed by atoms with E-state index >= 15 is 0 Å². The molecule has 0 aliphatic heterocycles. The van der Waals surface area contributed by atoms with Crippen molar-refractivity contribution in [2.24, 2.45) is 5.92 Å². The van der Waals surface area contributed by atoms with Crippen molar-refractivity contribution in [1.82, 2.24) is 9.88 Å². The van der Waals surface area contributed by atoms with Gasteiger partial charge in [-0.15, -0.1) is 0 Å². The first-order valence-electron chi connectivity index (χ1n) is 10.8. The molecule has 3 rings (SSSR count). The molecule has 0 unspecified atom stereocenters. The van der Waals surface area contributed by atoms with Crippen molar-refractivity contribution in [3.63, 3.8) is 0 Å². The minimum Gasteiger partial charge on any atom is -0.408 e. The van der Waals surface area contributed by atoms with Crippen LogP contribution < -0.4 is 16.4 Å². The van der Waals surface area contributed by atoms with Crippen LogP contribution in [-0.4, -0.2) is 35.6 Å². The maximum Gasteiger partial charge on any atom is 0.420 e. The molecule has 0 bridgehead atoms. The summed E-state index contributed by atoms with van der Waals surface area (Å²) in [7, 11) is -3.14.